The van der Waals surface area contributed by atoms with Gasteiger partial charge in [0.15, 0.2) is 5.65 Å². The molecule has 0 saturated carbocycles. The first-order chi connectivity index (χ1) is 15.2. The third-order valence-electron chi connectivity index (χ3n) is 6.10. The number of fused-ring (bicyclic) bond motifs is 1. The molecule has 0 amide bonds. The second-order valence-electron chi connectivity index (χ2n) is 8.03. The number of alkyl halides is 3. The van der Waals surface area contributed by atoms with Gasteiger partial charge in [0.25, 0.3) is 0 Å². The maximum Gasteiger partial charge on any atom is 0.412 e. The standard InChI is InChI=1S/C23H24F3N3O3/c1-13-16(5-4-6-18(13)23(24,25)26)11-20-14(2)27-21-17(22(30)31-3)12-19(28-29(20)21)15-7-9-32-10-8-15/h4-7,12-13,16H,8-11H2,1-3H3. The van der Waals surface area contributed by atoms with Crippen molar-refractivity contribution in [2.75, 3.05) is 20.3 Å². The van der Waals surface area contributed by atoms with Crippen LogP contribution in [0.25, 0.3) is 11.2 Å². The van der Waals surface area contributed by atoms with Crippen molar-refractivity contribution in [3.8, 4) is 0 Å². The Balaban J connectivity index is 1.79. The molecule has 0 bridgehead atoms. The molecule has 0 aromatic carbocycles. The van der Waals surface area contributed by atoms with Crippen LogP contribution in [-0.2, 0) is 15.9 Å². The quantitative estimate of drug-likeness (QED) is 0.647. The van der Waals surface area contributed by atoms with E-state index in [1.807, 2.05) is 6.08 Å². The molecular weight excluding hydrogens is 423 g/mol. The van der Waals surface area contributed by atoms with Gasteiger partial charge in [-0.1, -0.05) is 31.2 Å². The summed E-state index contributed by atoms with van der Waals surface area (Å²) in [5.74, 6) is -1.65. The van der Waals surface area contributed by atoms with Gasteiger partial charge in [0.1, 0.15) is 5.56 Å². The zero-order valence-corrected chi connectivity index (χ0v) is 18.1. The lowest BCUT2D eigenvalue weighted by Crippen LogP contribution is -2.26. The molecule has 0 radical (unpaired) electrons. The summed E-state index contributed by atoms with van der Waals surface area (Å²) in [6.45, 7) is 4.36. The van der Waals surface area contributed by atoms with Crippen LogP contribution in [0.4, 0.5) is 13.2 Å². The van der Waals surface area contributed by atoms with Gasteiger partial charge in [-0.25, -0.2) is 14.3 Å². The molecule has 0 spiro atoms. The van der Waals surface area contributed by atoms with Gasteiger partial charge in [0.2, 0.25) is 0 Å². The van der Waals surface area contributed by atoms with E-state index in [1.54, 1.807) is 30.5 Å². The minimum Gasteiger partial charge on any atom is -0.465 e. The van der Waals surface area contributed by atoms with Crippen LogP contribution in [0.15, 0.2) is 35.9 Å². The number of rotatable bonds is 4. The smallest absolute Gasteiger partial charge is 0.412 e. The van der Waals surface area contributed by atoms with Gasteiger partial charge in [-0.15, -0.1) is 0 Å². The number of allylic oxidation sites excluding steroid dienone is 4. The number of aryl methyl sites for hydroxylation is 1. The number of ether oxygens (including phenoxy) is 2. The monoisotopic (exact) mass is 447 g/mol. The number of carbonyl (C=O) groups excluding carboxylic acids is 1. The lowest BCUT2D eigenvalue weighted by atomic mass is 9.80. The van der Waals surface area contributed by atoms with E-state index in [1.165, 1.54) is 13.2 Å². The summed E-state index contributed by atoms with van der Waals surface area (Å²) in [5, 5.41) is 4.72. The number of hydrogen-bond acceptors (Lipinski definition) is 5. The molecule has 2 aromatic rings. The molecule has 2 aromatic heterocycles. The predicted molar refractivity (Wildman–Crippen MR) is 112 cm³/mol. The number of carbonyl (C=O) groups is 1. The topological polar surface area (TPSA) is 65.7 Å². The van der Waals surface area contributed by atoms with Crippen LogP contribution >= 0.6 is 0 Å². The molecule has 6 nitrogen and oxygen atoms in total. The molecule has 3 heterocycles. The minimum atomic E-state index is -4.38. The summed E-state index contributed by atoms with van der Waals surface area (Å²) >= 11 is 0. The SMILES string of the molecule is COC(=O)c1cc(C2=CCOCC2)nn2c(CC3C=CC=C(C(F)(F)F)C3C)c(C)nc12. The Bertz CT molecular complexity index is 1140. The van der Waals surface area contributed by atoms with Crippen LogP contribution in [0.3, 0.4) is 0 Å². The lowest BCUT2D eigenvalue weighted by Gasteiger charge is -2.27. The van der Waals surface area contributed by atoms with E-state index < -0.39 is 23.6 Å². The van der Waals surface area contributed by atoms with Crippen molar-refractivity contribution in [1.82, 2.24) is 14.6 Å². The molecule has 2 atom stereocenters. The average molecular weight is 447 g/mol. The molecule has 0 saturated heterocycles. The van der Waals surface area contributed by atoms with E-state index in [0.29, 0.717) is 48.8 Å². The normalized spacial score (nSPS) is 21.4. The third kappa shape index (κ3) is 4.09. The Kier molecular flexibility index (Phi) is 5.94. The van der Waals surface area contributed by atoms with Crippen LogP contribution < -0.4 is 0 Å². The van der Waals surface area contributed by atoms with Crippen molar-refractivity contribution >= 4 is 17.2 Å². The Hall–Kier alpha value is -2.94. The fraction of sp³-hybridized carbons (Fsp3) is 0.435. The number of esters is 1. The second-order valence-corrected chi connectivity index (χ2v) is 8.03. The first-order valence-corrected chi connectivity index (χ1v) is 10.4. The summed E-state index contributed by atoms with van der Waals surface area (Å²) < 4.78 is 52.1. The van der Waals surface area contributed by atoms with Gasteiger partial charge in [-0.3, -0.25) is 0 Å². The van der Waals surface area contributed by atoms with Crippen LogP contribution in [-0.4, -0.2) is 47.1 Å². The van der Waals surface area contributed by atoms with E-state index in [0.717, 1.165) is 11.6 Å². The highest BCUT2D eigenvalue weighted by Gasteiger charge is 2.40. The number of imidazole rings is 1. The van der Waals surface area contributed by atoms with Crippen LogP contribution in [0.5, 0.6) is 0 Å². The van der Waals surface area contributed by atoms with Crippen LogP contribution in [0.2, 0.25) is 0 Å². The van der Waals surface area contributed by atoms with Crippen molar-refractivity contribution in [3.63, 3.8) is 0 Å². The lowest BCUT2D eigenvalue weighted by molar-refractivity contribution is -0.100. The van der Waals surface area contributed by atoms with Crippen LogP contribution in [0.1, 0.15) is 40.8 Å². The summed E-state index contributed by atoms with van der Waals surface area (Å²) in [6.07, 6.45) is 2.85. The first-order valence-electron chi connectivity index (χ1n) is 10.4. The molecule has 1 aliphatic heterocycles. The molecule has 170 valence electrons. The maximum atomic E-state index is 13.4. The van der Waals surface area contributed by atoms with Gasteiger partial charge in [0, 0.05) is 5.57 Å². The zero-order valence-electron chi connectivity index (χ0n) is 18.1. The van der Waals surface area contributed by atoms with E-state index in [4.69, 9.17) is 14.6 Å². The summed E-state index contributed by atoms with van der Waals surface area (Å²) in [4.78, 5) is 17.0. The molecule has 0 N–H and O–H groups in total. The number of methoxy groups -OCH3 is 1. The van der Waals surface area contributed by atoms with E-state index in [2.05, 4.69) is 4.98 Å². The van der Waals surface area contributed by atoms with Crippen molar-refractivity contribution < 1.29 is 27.4 Å². The second kappa shape index (κ2) is 8.54. The number of aromatic nitrogens is 3. The number of nitrogens with zero attached hydrogens (tertiary/aromatic N) is 3. The number of halogens is 3. The summed E-state index contributed by atoms with van der Waals surface area (Å²) in [6, 6.07) is 1.65. The fourth-order valence-electron chi connectivity index (χ4n) is 4.25. The minimum absolute atomic E-state index is 0.266. The highest BCUT2D eigenvalue weighted by molar-refractivity contribution is 5.96. The van der Waals surface area contributed by atoms with Crippen molar-refractivity contribution in [3.05, 3.63) is 58.6 Å². The van der Waals surface area contributed by atoms with Crippen LogP contribution in [0, 0.1) is 18.8 Å². The van der Waals surface area contributed by atoms with Crippen molar-refractivity contribution in [2.45, 2.75) is 32.9 Å². The highest BCUT2D eigenvalue weighted by atomic mass is 19.4. The molecule has 9 heteroatoms. The highest BCUT2D eigenvalue weighted by Crippen LogP contribution is 2.39. The Morgan fingerprint density at radius 2 is 2.16 bits per heavy atom. The van der Waals surface area contributed by atoms with Crippen molar-refractivity contribution in [2.24, 2.45) is 11.8 Å². The third-order valence-corrected chi connectivity index (χ3v) is 6.10. The first kappa shape index (κ1) is 22.3. The van der Waals surface area contributed by atoms with Crippen molar-refractivity contribution in [1.29, 1.82) is 0 Å². The van der Waals surface area contributed by atoms with Gasteiger partial charge in [0.05, 0.1) is 37.4 Å². The Labute approximate surface area is 183 Å². The predicted octanol–water partition coefficient (Wildman–Crippen LogP) is 4.48. The Morgan fingerprint density at radius 1 is 1.38 bits per heavy atom. The number of hydrogen-bond donors (Lipinski definition) is 0. The fourth-order valence-corrected chi connectivity index (χ4v) is 4.25. The molecular formula is C23H24F3N3O3. The molecule has 32 heavy (non-hydrogen) atoms. The van der Waals surface area contributed by atoms with Gasteiger partial charge < -0.3 is 9.47 Å². The molecule has 4 rings (SSSR count). The molecule has 2 unspecified atom stereocenters. The van der Waals surface area contributed by atoms with Gasteiger partial charge in [-0.05, 0) is 43.2 Å². The summed E-state index contributed by atoms with van der Waals surface area (Å²) in [7, 11) is 1.29. The van der Waals surface area contributed by atoms with Gasteiger partial charge in [-0.2, -0.15) is 18.3 Å². The molecule has 2 aliphatic rings. The zero-order chi connectivity index (χ0) is 23.0. The molecule has 0 fully saturated rings. The largest absolute Gasteiger partial charge is 0.465 e. The molecule has 1 aliphatic carbocycles. The van der Waals surface area contributed by atoms with E-state index >= 15 is 0 Å². The van der Waals surface area contributed by atoms with Gasteiger partial charge >= 0.3 is 12.1 Å². The maximum absolute atomic E-state index is 13.4. The van der Waals surface area contributed by atoms with E-state index in [9.17, 15) is 18.0 Å². The average Bonchev–Trinajstić information content (AvgIpc) is 3.08. The van der Waals surface area contributed by atoms with E-state index in [-0.39, 0.29) is 11.5 Å². The Morgan fingerprint density at radius 3 is 2.81 bits per heavy atom. The summed E-state index contributed by atoms with van der Waals surface area (Å²) in [5.41, 5.74) is 2.88.